The highest BCUT2D eigenvalue weighted by Crippen LogP contribution is 2.31. The molecule has 0 radical (unpaired) electrons. The zero-order valence-electron chi connectivity index (χ0n) is 8.91. The molecule has 2 rings (SSSR count). The lowest BCUT2D eigenvalue weighted by molar-refractivity contribution is 0.624. The Morgan fingerprint density at radius 2 is 2.19 bits per heavy atom. The molecule has 0 aliphatic heterocycles. The lowest BCUT2D eigenvalue weighted by atomic mass is 10.0. The molecule has 1 unspecified atom stereocenters. The third-order valence-corrected chi connectivity index (χ3v) is 4.25. The van der Waals surface area contributed by atoms with Crippen LogP contribution in [0.5, 0.6) is 0 Å². The van der Waals surface area contributed by atoms with Crippen molar-refractivity contribution in [2.45, 2.75) is 18.2 Å². The molecule has 1 aromatic heterocycles. The fourth-order valence-corrected chi connectivity index (χ4v) is 3.47. The molecule has 0 N–H and O–H groups in total. The van der Waals surface area contributed by atoms with Crippen LogP contribution in [-0.2, 0) is 6.42 Å². The average molecular weight is 299 g/mol. The smallest absolute Gasteiger partial charge is 0.123 e. The summed E-state index contributed by atoms with van der Waals surface area (Å²) in [6.45, 7) is 2.01. The minimum Gasteiger partial charge on any atom is -0.207 e. The van der Waals surface area contributed by atoms with E-state index in [1.807, 2.05) is 19.1 Å². The Morgan fingerprint density at radius 1 is 1.38 bits per heavy atom. The molecule has 0 bridgehead atoms. The monoisotopic (exact) mass is 298 g/mol. The zero-order valence-corrected chi connectivity index (χ0v) is 11.3. The SMILES string of the molecule is Cc1ccc(F)cc1C(Br)Cc1cccs1. The Labute approximate surface area is 107 Å². The second-order valence-corrected chi connectivity index (χ2v) is 5.89. The Morgan fingerprint density at radius 3 is 2.88 bits per heavy atom. The first-order valence-electron chi connectivity index (χ1n) is 5.09. The molecule has 1 aromatic carbocycles. The van der Waals surface area contributed by atoms with Crippen molar-refractivity contribution in [3.8, 4) is 0 Å². The van der Waals surface area contributed by atoms with Crippen LogP contribution in [0.1, 0.15) is 20.8 Å². The molecule has 16 heavy (non-hydrogen) atoms. The quantitative estimate of drug-likeness (QED) is 0.709. The summed E-state index contributed by atoms with van der Waals surface area (Å²) in [6, 6.07) is 9.09. The maximum Gasteiger partial charge on any atom is 0.123 e. The molecule has 2 aromatic rings. The lowest BCUT2D eigenvalue weighted by Gasteiger charge is -2.12. The summed E-state index contributed by atoms with van der Waals surface area (Å²) in [4.78, 5) is 1.49. The molecular formula is C13H12BrFS. The first kappa shape index (κ1) is 11.8. The van der Waals surface area contributed by atoms with Gasteiger partial charge in [-0.1, -0.05) is 28.1 Å². The molecule has 0 nitrogen and oxygen atoms in total. The van der Waals surface area contributed by atoms with Gasteiger partial charge in [0.1, 0.15) is 5.82 Å². The van der Waals surface area contributed by atoms with Gasteiger partial charge < -0.3 is 0 Å². The normalized spacial score (nSPS) is 12.7. The second-order valence-electron chi connectivity index (χ2n) is 3.75. The van der Waals surface area contributed by atoms with Crippen LogP contribution in [0.4, 0.5) is 4.39 Å². The molecule has 0 fully saturated rings. The van der Waals surface area contributed by atoms with E-state index >= 15 is 0 Å². The average Bonchev–Trinajstić information content (AvgIpc) is 2.74. The topological polar surface area (TPSA) is 0 Å². The summed E-state index contributed by atoms with van der Waals surface area (Å²) >= 11 is 5.36. The van der Waals surface area contributed by atoms with Crippen LogP contribution in [0.2, 0.25) is 0 Å². The number of alkyl halides is 1. The summed E-state index contributed by atoms with van der Waals surface area (Å²) < 4.78 is 13.2. The summed E-state index contributed by atoms with van der Waals surface area (Å²) in [7, 11) is 0. The van der Waals surface area contributed by atoms with Gasteiger partial charge in [-0.15, -0.1) is 11.3 Å². The third kappa shape index (κ3) is 2.71. The predicted molar refractivity (Wildman–Crippen MR) is 70.8 cm³/mol. The molecule has 0 saturated carbocycles. The number of rotatable bonds is 3. The molecule has 0 amide bonds. The van der Waals surface area contributed by atoms with Gasteiger partial charge in [-0.3, -0.25) is 0 Å². The van der Waals surface area contributed by atoms with Crippen molar-refractivity contribution in [1.82, 2.24) is 0 Å². The van der Waals surface area contributed by atoms with Crippen LogP contribution in [0, 0.1) is 12.7 Å². The Balaban J connectivity index is 2.20. The van der Waals surface area contributed by atoms with Crippen LogP contribution < -0.4 is 0 Å². The maximum absolute atomic E-state index is 13.2. The standard InChI is InChI=1S/C13H12BrFS/c1-9-4-5-10(15)7-12(9)13(14)8-11-3-2-6-16-11/h2-7,13H,8H2,1H3. The fraction of sp³-hybridized carbons (Fsp3) is 0.231. The molecule has 1 atom stereocenters. The largest absolute Gasteiger partial charge is 0.207 e. The van der Waals surface area contributed by atoms with Crippen LogP contribution >= 0.6 is 27.3 Å². The van der Waals surface area contributed by atoms with Gasteiger partial charge in [-0.2, -0.15) is 0 Å². The zero-order chi connectivity index (χ0) is 11.5. The molecule has 3 heteroatoms. The summed E-state index contributed by atoms with van der Waals surface area (Å²) in [6.07, 6.45) is 0.905. The Kier molecular flexibility index (Phi) is 3.77. The van der Waals surface area contributed by atoms with Crippen LogP contribution in [0.25, 0.3) is 0 Å². The Bertz CT molecular complexity index is 465. The third-order valence-electron chi connectivity index (χ3n) is 2.54. The minimum atomic E-state index is -0.170. The lowest BCUT2D eigenvalue weighted by Crippen LogP contribution is -1.97. The van der Waals surface area contributed by atoms with Gasteiger partial charge in [0.25, 0.3) is 0 Å². The molecule has 1 heterocycles. The van der Waals surface area contributed by atoms with Gasteiger partial charge in [-0.05, 0) is 48.1 Å². The van der Waals surface area contributed by atoms with Gasteiger partial charge in [0, 0.05) is 9.70 Å². The van der Waals surface area contributed by atoms with E-state index in [0.717, 1.165) is 17.5 Å². The van der Waals surface area contributed by atoms with E-state index in [-0.39, 0.29) is 10.6 Å². The minimum absolute atomic E-state index is 0.170. The summed E-state index contributed by atoms with van der Waals surface area (Å²) in [5.74, 6) is -0.170. The van der Waals surface area contributed by atoms with E-state index in [0.29, 0.717) is 0 Å². The highest BCUT2D eigenvalue weighted by Gasteiger charge is 2.12. The molecular weight excluding hydrogens is 287 g/mol. The molecule has 0 aliphatic rings. The number of benzene rings is 1. The Hall–Kier alpha value is -0.670. The molecule has 0 spiro atoms. The number of halogens is 2. The van der Waals surface area contributed by atoms with Crippen LogP contribution in [0.15, 0.2) is 35.7 Å². The van der Waals surface area contributed by atoms with Gasteiger partial charge >= 0.3 is 0 Å². The van der Waals surface area contributed by atoms with Crippen molar-refractivity contribution in [2.24, 2.45) is 0 Å². The van der Waals surface area contributed by atoms with Gasteiger partial charge in [0.15, 0.2) is 0 Å². The second kappa shape index (κ2) is 5.11. The van der Waals surface area contributed by atoms with Crippen molar-refractivity contribution in [2.75, 3.05) is 0 Å². The van der Waals surface area contributed by atoms with Crippen molar-refractivity contribution >= 4 is 27.3 Å². The highest BCUT2D eigenvalue weighted by atomic mass is 79.9. The first-order chi connectivity index (χ1) is 7.66. The van der Waals surface area contributed by atoms with E-state index in [4.69, 9.17) is 0 Å². The summed E-state index contributed by atoms with van der Waals surface area (Å²) in [5.41, 5.74) is 2.16. The van der Waals surface area contributed by atoms with E-state index in [2.05, 4.69) is 27.4 Å². The first-order valence-corrected chi connectivity index (χ1v) is 6.89. The van der Waals surface area contributed by atoms with Crippen molar-refractivity contribution < 1.29 is 4.39 Å². The van der Waals surface area contributed by atoms with Crippen molar-refractivity contribution in [3.05, 3.63) is 57.5 Å². The number of hydrogen-bond acceptors (Lipinski definition) is 1. The predicted octanol–water partition coefficient (Wildman–Crippen LogP) is 4.87. The number of thiophene rings is 1. The highest BCUT2D eigenvalue weighted by molar-refractivity contribution is 9.09. The molecule has 0 aliphatic carbocycles. The van der Waals surface area contributed by atoms with Gasteiger partial charge in [0.05, 0.1) is 0 Å². The van der Waals surface area contributed by atoms with E-state index < -0.39 is 0 Å². The van der Waals surface area contributed by atoms with Gasteiger partial charge in [-0.25, -0.2) is 4.39 Å². The van der Waals surface area contributed by atoms with E-state index in [1.54, 1.807) is 17.4 Å². The number of aryl methyl sites for hydroxylation is 1. The van der Waals surface area contributed by atoms with Gasteiger partial charge in [0.2, 0.25) is 0 Å². The van der Waals surface area contributed by atoms with Crippen molar-refractivity contribution in [1.29, 1.82) is 0 Å². The van der Waals surface area contributed by atoms with Crippen LogP contribution in [-0.4, -0.2) is 0 Å². The van der Waals surface area contributed by atoms with Crippen molar-refractivity contribution in [3.63, 3.8) is 0 Å². The van der Waals surface area contributed by atoms with E-state index in [9.17, 15) is 4.39 Å². The number of hydrogen-bond donors (Lipinski definition) is 0. The molecule has 0 saturated heterocycles. The maximum atomic E-state index is 13.2. The fourth-order valence-electron chi connectivity index (χ4n) is 1.66. The summed E-state index contributed by atoms with van der Waals surface area (Å²) in [5, 5.41) is 2.06. The molecule has 84 valence electrons. The van der Waals surface area contributed by atoms with Crippen LogP contribution in [0.3, 0.4) is 0 Å². The van der Waals surface area contributed by atoms with E-state index in [1.165, 1.54) is 10.9 Å².